The van der Waals surface area contributed by atoms with Crippen molar-refractivity contribution < 1.29 is 31.1 Å². The Morgan fingerprint density at radius 2 is 1.19 bits per heavy atom. The summed E-state index contributed by atoms with van der Waals surface area (Å²) in [6, 6.07) is 9.53. The van der Waals surface area contributed by atoms with E-state index in [2.05, 4.69) is 0 Å². The first-order valence-electron chi connectivity index (χ1n) is 15.0. The van der Waals surface area contributed by atoms with E-state index < -0.39 is 34.9 Å². The van der Waals surface area contributed by atoms with Gasteiger partial charge in [-0.15, -0.1) is 0 Å². The minimum absolute atomic E-state index is 0.114. The Hall–Kier alpha value is -3.22. The molecule has 1 atom stereocenters. The molecule has 2 aliphatic carbocycles. The molecule has 1 nitrogen and oxygen atoms in total. The van der Waals surface area contributed by atoms with E-state index in [1.165, 1.54) is 6.07 Å². The van der Waals surface area contributed by atoms with Crippen LogP contribution in [0.5, 0.6) is 5.75 Å². The van der Waals surface area contributed by atoms with Crippen LogP contribution in [0.15, 0.2) is 42.5 Å². The first kappa shape index (κ1) is 30.2. The number of rotatable bonds is 8. The van der Waals surface area contributed by atoms with Crippen LogP contribution in [0, 0.1) is 34.9 Å². The summed E-state index contributed by atoms with van der Waals surface area (Å²) in [5.74, 6) is -6.08. The highest BCUT2D eigenvalue weighted by molar-refractivity contribution is 5.67. The van der Waals surface area contributed by atoms with E-state index in [-0.39, 0.29) is 41.2 Å². The van der Waals surface area contributed by atoms with Gasteiger partial charge in [0.1, 0.15) is 0 Å². The van der Waals surface area contributed by atoms with Crippen molar-refractivity contribution in [3.8, 4) is 5.75 Å². The lowest BCUT2D eigenvalue weighted by molar-refractivity contribution is 0.310. The first-order valence-corrected chi connectivity index (χ1v) is 15.0. The molecular formula is C35H36F6O. The monoisotopic (exact) mass is 586 g/mol. The topological polar surface area (TPSA) is 9.23 Å². The molecule has 0 spiro atoms. The van der Waals surface area contributed by atoms with Crippen molar-refractivity contribution in [1.82, 2.24) is 0 Å². The third kappa shape index (κ3) is 5.84. The lowest BCUT2D eigenvalue weighted by atomic mass is 9.75. The maximum Gasteiger partial charge on any atom is 0.200 e. The summed E-state index contributed by atoms with van der Waals surface area (Å²) in [5, 5.41) is 0. The van der Waals surface area contributed by atoms with Crippen LogP contribution in [0.25, 0.3) is 5.57 Å². The lowest BCUT2D eigenvalue weighted by Gasteiger charge is -2.30. The van der Waals surface area contributed by atoms with Crippen LogP contribution in [0.1, 0.15) is 111 Å². The van der Waals surface area contributed by atoms with Crippen molar-refractivity contribution in [1.29, 1.82) is 0 Å². The van der Waals surface area contributed by atoms with E-state index in [1.54, 1.807) is 43.3 Å². The maximum absolute atomic E-state index is 15.4. The second kappa shape index (κ2) is 13.0. The summed E-state index contributed by atoms with van der Waals surface area (Å²) in [5.41, 5.74) is 2.17. The Morgan fingerprint density at radius 1 is 0.619 bits per heavy atom. The Balaban J connectivity index is 1.26. The maximum atomic E-state index is 15.4. The van der Waals surface area contributed by atoms with Gasteiger partial charge in [-0.3, -0.25) is 0 Å². The summed E-state index contributed by atoms with van der Waals surface area (Å²) < 4.78 is 94.3. The highest BCUT2D eigenvalue weighted by atomic mass is 19.2. The molecule has 3 aromatic carbocycles. The van der Waals surface area contributed by atoms with Gasteiger partial charge in [-0.05, 0) is 110 Å². The fourth-order valence-electron chi connectivity index (χ4n) is 6.72. The van der Waals surface area contributed by atoms with Gasteiger partial charge in [0.25, 0.3) is 0 Å². The summed E-state index contributed by atoms with van der Waals surface area (Å²) in [6.45, 7) is 3.84. The van der Waals surface area contributed by atoms with Crippen LogP contribution in [0.2, 0.25) is 0 Å². The van der Waals surface area contributed by atoms with Crippen LogP contribution >= 0.6 is 0 Å². The standard InChI is InChI=1S/C35H36F6O/c1-3-5-24-14-15-25(31(37)30(24)36)20-6-8-21(9-7-20)26-16-17-27(33(39)32(26)38)22-10-12-23(13-11-22)28-18-19-29(42-4-2)35(41)34(28)40/h6,14-19,21-23H,3-5,7-13H2,1-2H3. The van der Waals surface area contributed by atoms with Crippen LogP contribution < -0.4 is 4.74 Å². The molecule has 0 bridgehead atoms. The van der Waals surface area contributed by atoms with E-state index in [9.17, 15) is 17.6 Å². The third-order valence-electron chi connectivity index (χ3n) is 9.00. The van der Waals surface area contributed by atoms with Gasteiger partial charge in [-0.2, -0.15) is 4.39 Å². The number of halogens is 6. The van der Waals surface area contributed by atoms with Gasteiger partial charge in [0.15, 0.2) is 34.8 Å². The van der Waals surface area contributed by atoms with Gasteiger partial charge in [0.05, 0.1) is 6.61 Å². The van der Waals surface area contributed by atoms with E-state index in [4.69, 9.17) is 4.74 Å². The normalized spacial score (nSPS) is 20.9. The van der Waals surface area contributed by atoms with E-state index in [0.29, 0.717) is 80.1 Å². The summed E-state index contributed by atoms with van der Waals surface area (Å²) in [4.78, 5) is 0. The zero-order valence-electron chi connectivity index (χ0n) is 24.0. The van der Waals surface area contributed by atoms with Crippen molar-refractivity contribution in [2.45, 2.75) is 89.4 Å². The van der Waals surface area contributed by atoms with Crippen molar-refractivity contribution in [2.75, 3.05) is 6.61 Å². The van der Waals surface area contributed by atoms with Crippen molar-refractivity contribution in [3.63, 3.8) is 0 Å². The lowest BCUT2D eigenvalue weighted by Crippen LogP contribution is -2.16. The van der Waals surface area contributed by atoms with Gasteiger partial charge >= 0.3 is 0 Å². The first-order chi connectivity index (χ1) is 20.2. The summed E-state index contributed by atoms with van der Waals surface area (Å²) in [7, 11) is 0. The van der Waals surface area contributed by atoms with Gasteiger partial charge < -0.3 is 4.74 Å². The van der Waals surface area contributed by atoms with E-state index >= 15 is 8.78 Å². The van der Waals surface area contributed by atoms with Gasteiger partial charge in [-0.25, -0.2) is 22.0 Å². The average molecular weight is 587 g/mol. The van der Waals surface area contributed by atoms with Gasteiger partial charge in [-0.1, -0.05) is 49.8 Å². The molecule has 1 fully saturated rings. The summed E-state index contributed by atoms with van der Waals surface area (Å²) >= 11 is 0. The molecular weight excluding hydrogens is 550 g/mol. The van der Waals surface area contributed by atoms with E-state index in [0.717, 1.165) is 0 Å². The molecule has 0 aliphatic heterocycles. The molecule has 5 rings (SSSR count). The second-order valence-electron chi connectivity index (χ2n) is 11.5. The number of ether oxygens (including phenoxy) is 1. The molecule has 0 radical (unpaired) electrons. The molecule has 0 aromatic heterocycles. The SMILES string of the molecule is CCCc1ccc(C2=CCC(c3ccc(C4CCC(c5ccc(OCC)c(F)c5F)CC4)c(F)c3F)CC2)c(F)c1F. The number of aryl methyl sites for hydroxylation is 1. The molecule has 3 aromatic rings. The Bertz CT molecular complexity index is 1470. The zero-order valence-corrected chi connectivity index (χ0v) is 24.0. The molecule has 0 amide bonds. The zero-order chi connectivity index (χ0) is 30.0. The molecule has 0 N–H and O–H groups in total. The van der Waals surface area contributed by atoms with Crippen molar-refractivity contribution in [3.05, 3.63) is 105 Å². The average Bonchev–Trinajstić information content (AvgIpc) is 3.00. The third-order valence-corrected chi connectivity index (χ3v) is 9.00. The Morgan fingerprint density at radius 3 is 1.74 bits per heavy atom. The molecule has 2 aliphatic rings. The Labute approximate surface area is 243 Å². The summed E-state index contributed by atoms with van der Waals surface area (Å²) in [6.07, 6.45) is 6.44. The number of benzene rings is 3. The van der Waals surface area contributed by atoms with Crippen molar-refractivity contribution >= 4 is 5.57 Å². The Kier molecular flexibility index (Phi) is 9.34. The predicted molar refractivity (Wildman–Crippen MR) is 153 cm³/mol. The quantitative estimate of drug-likeness (QED) is 0.239. The molecule has 224 valence electrons. The minimum Gasteiger partial charge on any atom is -0.491 e. The van der Waals surface area contributed by atoms with Gasteiger partial charge in [0, 0.05) is 5.56 Å². The number of hydrogen-bond acceptors (Lipinski definition) is 1. The molecule has 0 heterocycles. The van der Waals surface area contributed by atoms with Crippen LogP contribution in [-0.4, -0.2) is 6.61 Å². The smallest absolute Gasteiger partial charge is 0.200 e. The second-order valence-corrected chi connectivity index (χ2v) is 11.5. The number of allylic oxidation sites excluding steroid dienone is 2. The fraction of sp³-hybridized carbons (Fsp3) is 0.429. The highest BCUT2D eigenvalue weighted by Crippen LogP contribution is 2.45. The van der Waals surface area contributed by atoms with Gasteiger partial charge in [0.2, 0.25) is 5.82 Å². The molecule has 0 saturated heterocycles. The largest absolute Gasteiger partial charge is 0.491 e. The van der Waals surface area contributed by atoms with Crippen molar-refractivity contribution in [2.24, 2.45) is 0 Å². The molecule has 7 heteroatoms. The van der Waals surface area contributed by atoms with Crippen LogP contribution in [0.3, 0.4) is 0 Å². The predicted octanol–water partition coefficient (Wildman–Crippen LogP) is 10.7. The molecule has 1 unspecified atom stereocenters. The van der Waals surface area contributed by atoms with Crippen LogP contribution in [0.4, 0.5) is 26.3 Å². The van der Waals surface area contributed by atoms with Crippen LogP contribution in [-0.2, 0) is 6.42 Å². The highest BCUT2D eigenvalue weighted by Gasteiger charge is 2.31. The molecule has 42 heavy (non-hydrogen) atoms. The number of hydrogen-bond donors (Lipinski definition) is 0. The fourth-order valence-corrected chi connectivity index (χ4v) is 6.72. The van der Waals surface area contributed by atoms with E-state index in [1.807, 2.05) is 6.92 Å². The minimum atomic E-state index is -0.993. The molecule has 1 saturated carbocycles.